The van der Waals surface area contributed by atoms with Crippen molar-refractivity contribution in [1.82, 2.24) is 4.98 Å². The van der Waals surface area contributed by atoms with Gasteiger partial charge in [0.05, 0.1) is 0 Å². The molecule has 2 rings (SSSR count). The van der Waals surface area contributed by atoms with Gasteiger partial charge in [-0.25, -0.2) is 13.8 Å². The van der Waals surface area contributed by atoms with E-state index in [1.165, 1.54) is 6.92 Å². The Hall–Kier alpha value is -1.71. The van der Waals surface area contributed by atoms with Crippen LogP contribution in [0.15, 0.2) is 12.1 Å². The first-order chi connectivity index (χ1) is 8.04. The highest BCUT2D eigenvalue weighted by atomic mass is 19.1. The zero-order chi connectivity index (χ0) is 12.6. The number of benzene rings is 1. The Balaban J connectivity index is 2.79. The average Bonchev–Trinajstić information content (AvgIpc) is 2.28. The number of hydrogen-bond donors (Lipinski definition) is 1. The molecule has 2 N–H and O–H groups in total. The molecule has 2 aromatic rings. The van der Waals surface area contributed by atoms with Crippen molar-refractivity contribution in [1.29, 1.82) is 0 Å². The number of nitrogens with zero attached hydrogens (tertiary/aromatic N) is 1. The third-order valence-corrected chi connectivity index (χ3v) is 2.81. The lowest BCUT2D eigenvalue weighted by molar-refractivity contribution is 0.607. The number of rotatable bonds is 2. The molecule has 17 heavy (non-hydrogen) atoms. The molecule has 0 saturated carbocycles. The van der Waals surface area contributed by atoms with Crippen molar-refractivity contribution >= 4 is 16.7 Å². The Bertz CT molecular complexity index is 579. The van der Waals surface area contributed by atoms with Gasteiger partial charge in [-0.1, -0.05) is 13.3 Å². The molecule has 1 aromatic heterocycles. The number of nitrogen functional groups attached to an aromatic ring is 1. The second-order valence-electron chi connectivity index (χ2n) is 4.17. The summed E-state index contributed by atoms with van der Waals surface area (Å²) in [5.41, 5.74) is 6.78. The van der Waals surface area contributed by atoms with Crippen LogP contribution in [-0.4, -0.2) is 4.98 Å². The van der Waals surface area contributed by atoms with Crippen molar-refractivity contribution in [3.05, 3.63) is 34.9 Å². The number of nitrogens with two attached hydrogens (primary N) is 1. The van der Waals surface area contributed by atoms with Crippen LogP contribution in [-0.2, 0) is 6.42 Å². The lowest BCUT2D eigenvalue weighted by atomic mass is 10.1. The van der Waals surface area contributed by atoms with E-state index >= 15 is 0 Å². The SMILES string of the molecule is CCCc1cc2c(F)c(C)cc(F)c2nc1N. The van der Waals surface area contributed by atoms with Crippen molar-refractivity contribution in [2.24, 2.45) is 0 Å². The maximum Gasteiger partial charge on any atom is 0.149 e. The number of aromatic nitrogens is 1. The van der Waals surface area contributed by atoms with E-state index in [0.717, 1.165) is 18.1 Å². The van der Waals surface area contributed by atoms with E-state index in [1.807, 2.05) is 6.92 Å². The smallest absolute Gasteiger partial charge is 0.149 e. The minimum Gasteiger partial charge on any atom is -0.383 e. The Morgan fingerprint density at radius 2 is 2.00 bits per heavy atom. The monoisotopic (exact) mass is 236 g/mol. The Morgan fingerprint density at radius 1 is 1.29 bits per heavy atom. The summed E-state index contributed by atoms with van der Waals surface area (Å²) in [6.07, 6.45) is 1.59. The van der Waals surface area contributed by atoms with Crippen LogP contribution in [0.5, 0.6) is 0 Å². The van der Waals surface area contributed by atoms with Gasteiger partial charge < -0.3 is 5.73 Å². The quantitative estimate of drug-likeness (QED) is 0.868. The highest BCUT2D eigenvalue weighted by Gasteiger charge is 2.13. The molecule has 0 unspecified atom stereocenters. The van der Waals surface area contributed by atoms with Crippen molar-refractivity contribution in [2.75, 3.05) is 5.73 Å². The first-order valence-corrected chi connectivity index (χ1v) is 5.58. The van der Waals surface area contributed by atoms with Crippen LogP contribution in [0.1, 0.15) is 24.5 Å². The highest BCUT2D eigenvalue weighted by molar-refractivity contribution is 5.83. The lowest BCUT2D eigenvalue weighted by Crippen LogP contribution is -2.01. The largest absolute Gasteiger partial charge is 0.383 e. The molecule has 2 nitrogen and oxygen atoms in total. The van der Waals surface area contributed by atoms with E-state index in [1.54, 1.807) is 6.07 Å². The van der Waals surface area contributed by atoms with Gasteiger partial charge in [-0.05, 0) is 36.6 Å². The fourth-order valence-corrected chi connectivity index (χ4v) is 1.92. The summed E-state index contributed by atoms with van der Waals surface area (Å²) in [5, 5.41) is 0.208. The summed E-state index contributed by atoms with van der Waals surface area (Å²) in [7, 11) is 0. The Kier molecular flexibility index (Phi) is 2.96. The van der Waals surface area contributed by atoms with Gasteiger partial charge in [0.1, 0.15) is 23.0 Å². The number of anilines is 1. The van der Waals surface area contributed by atoms with Crippen LogP contribution < -0.4 is 5.73 Å². The van der Waals surface area contributed by atoms with E-state index in [2.05, 4.69) is 4.98 Å². The minimum absolute atomic E-state index is 0.00505. The van der Waals surface area contributed by atoms with Gasteiger partial charge in [0.15, 0.2) is 0 Å². The fraction of sp³-hybridized carbons (Fsp3) is 0.308. The molecule has 0 fully saturated rings. The highest BCUT2D eigenvalue weighted by Crippen LogP contribution is 2.26. The number of pyridine rings is 1. The van der Waals surface area contributed by atoms with Gasteiger partial charge in [-0.2, -0.15) is 0 Å². The second-order valence-corrected chi connectivity index (χ2v) is 4.17. The van der Waals surface area contributed by atoms with Crippen LogP contribution in [0.4, 0.5) is 14.6 Å². The van der Waals surface area contributed by atoms with Gasteiger partial charge in [0, 0.05) is 5.39 Å². The van der Waals surface area contributed by atoms with E-state index in [0.29, 0.717) is 6.42 Å². The van der Waals surface area contributed by atoms with E-state index < -0.39 is 11.6 Å². The summed E-state index contributed by atoms with van der Waals surface area (Å²) >= 11 is 0. The second kappa shape index (κ2) is 4.28. The topological polar surface area (TPSA) is 38.9 Å². The zero-order valence-electron chi connectivity index (χ0n) is 9.85. The van der Waals surface area contributed by atoms with Crippen molar-refractivity contribution in [3.8, 4) is 0 Å². The number of fused-ring (bicyclic) bond motifs is 1. The van der Waals surface area contributed by atoms with E-state index in [9.17, 15) is 8.78 Å². The van der Waals surface area contributed by atoms with Crippen LogP contribution >= 0.6 is 0 Å². The number of hydrogen-bond acceptors (Lipinski definition) is 2. The molecule has 0 aliphatic heterocycles. The molecule has 1 heterocycles. The predicted octanol–water partition coefficient (Wildman–Crippen LogP) is 3.36. The molecule has 0 bridgehead atoms. The molecule has 0 spiro atoms. The molecule has 0 atom stereocenters. The number of aryl methyl sites for hydroxylation is 2. The van der Waals surface area contributed by atoms with Crippen molar-refractivity contribution in [3.63, 3.8) is 0 Å². The van der Waals surface area contributed by atoms with Crippen molar-refractivity contribution in [2.45, 2.75) is 26.7 Å². The van der Waals surface area contributed by atoms with Crippen LogP contribution in [0, 0.1) is 18.6 Å². The van der Waals surface area contributed by atoms with Gasteiger partial charge in [-0.15, -0.1) is 0 Å². The van der Waals surface area contributed by atoms with Crippen LogP contribution in [0.3, 0.4) is 0 Å². The van der Waals surface area contributed by atoms with Gasteiger partial charge in [0.25, 0.3) is 0 Å². The molecule has 0 aliphatic rings. The molecule has 0 aliphatic carbocycles. The lowest BCUT2D eigenvalue weighted by Gasteiger charge is -2.09. The third kappa shape index (κ3) is 1.95. The summed E-state index contributed by atoms with van der Waals surface area (Å²) in [5.74, 6) is -0.679. The first-order valence-electron chi connectivity index (χ1n) is 5.58. The normalized spacial score (nSPS) is 11.1. The summed E-state index contributed by atoms with van der Waals surface area (Å²) in [6, 6.07) is 2.75. The van der Waals surface area contributed by atoms with Gasteiger partial charge in [0.2, 0.25) is 0 Å². The molecule has 1 aromatic carbocycles. The standard InChI is InChI=1S/C13H14F2N2/c1-3-4-8-6-9-11(15)7(2)5-10(14)12(9)17-13(8)16/h5-6H,3-4H2,1-2H3,(H2,16,17). The Labute approximate surface area is 98.5 Å². The third-order valence-electron chi connectivity index (χ3n) is 2.81. The molecule has 0 saturated heterocycles. The van der Waals surface area contributed by atoms with Crippen molar-refractivity contribution < 1.29 is 8.78 Å². The molecule has 0 amide bonds. The predicted molar refractivity (Wildman–Crippen MR) is 64.8 cm³/mol. The summed E-state index contributed by atoms with van der Waals surface area (Å²) in [6.45, 7) is 3.53. The van der Waals surface area contributed by atoms with Gasteiger partial charge >= 0.3 is 0 Å². The molecular formula is C13H14F2N2. The number of halogens is 2. The maximum atomic E-state index is 13.9. The molecular weight excluding hydrogens is 222 g/mol. The average molecular weight is 236 g/mol. The minimum atomic E-state index is -0.534. The van der Waals surface area contributed by atoms with E-state index in [-0.39, 0.29) is 22.3 Å². The summed E-state index contributed by atoms with van der Waals surface area (Å²) in [4.78, 5) is 3.96. The summed E-state index contributed by atoms with van der Waals surface area (Å²) < 4.78 is 27.5. The maximum absolute atomic E-state index is 13.9. The van der Waals surface area contributed by atoms with Crippen LogP contribution in [0.25, 0.3) is 10.9 Å². The molecule has 4 heteroatoms. The zero-order valence-corrected chi connectivity index (χ0v) is 9.85. The van der Waals surface area contributed by atoms with Gasteiger partial charge in [-0.3, -0.25) is 0 Å². The Morgan fingerprint density at radius 3 is 2.65 bits per heavy atom. The fourth-order valence-electron chi connectivity index (χ4n) is 1.92. The molecule has 0 radical (unpaired) electrons. The van der Waals surface area contributed by atoms with Crippen LogP contribution in [0.2, 0.25) is 0 Å². The van der Waals surface area contributed by atoms with E-state index in [4.69, 9.17) is 5.73 Å². The first kappa shape index (κ1) is 11.8. The molecule has 90 valence electrons.